The fraction of sp³-hybridized carbons (Fsp3) is 0.929. The molecule has 0 saturated heterocycles. The van der Waals surface area contributed by atoms with Gasteiger partial charge in [0.15, 0.2) is 0 Å². The number of hydrogen-bond donors (Lipinski definition) is 1. The van der Waals surface area contributed by atoms with Crippen molar-refractivity contribution < 1.29 is 4.74 Å². The van der Waals surface area contributed by atoms with Gasteiger partial charge in [-0.3, -0.25) is 5.32 Å². The van der Waals surface area contributed by atoms with Crippen molar-refractivity contribution >= 4 is 0 Å². The fourth-order valence-corrected chi connectivity index (χ4v) is 2.60. The summed E-state index contributed by atoms with van der Waals surface area (Å²) in [4.78, 5) is 2.34. The highest BCUT2D eigenvalue weighted by atomic mass is 16.5. The molecule has 4 nitrogen and oxygen atoms in total. The van der Waals surface area contributed by atoms with Crippen molar-refractivity contribution in [1.29, 1.82) is 5.26 Å². The molecule has 1 aliphatic rings. The second kappa shape index (κ2) is 7.73. The Bertz CT molecular complexity index is 277. The summed E-state index contributed by atoms with van der Waals surface area (Å²) in [6.07, 6.45) is 4.08. The van der Waals surface area contributed by atoms with Gasteiger partial charge in [0.1, 0.15) is 5.54 Å². The normalized spacial score (nSPS) is 27.6. The van der Waals surface area contributed by atoms with E-state index in [2.05, 4.69) is 30.3 Å². The van der Waals surface area contributed by atoms with Gasteiger partial charge in [-0.15, -0.1) is 0 Å². The lowest BCUT2D eigenvalue weighted by atomic mass is 9.99. The molecule has 0 aromatic carbocycles. The predicted octanol–water partition coefficient (Wildman–Crippen LogP) is 1.77. The Morgan fingerprint density at radius 1 is 1.50 bits per heavy atom. The number of hydrogen-bond acceptors (Lipinski definition) is 4. The summed E-state index contributed by atoms with van der Waals surface area (Å²) in [7, 11) is 2.14. The maximum atomic E-state index is 9.40. The maximum Gasteiger partial charge on any atom is 0.108 e. The Kier molecular flexibility index (Phi) is 6.62. The van der Waals surface area contributed by atoms with Gasteiger partial charge in [-0.1, -0.05) is 6.92 Å². The first-order chi connectivity index (χ1) is 8.67. The molecule has 2 unspecified atom stereocenters. The molecule has 18 heavy (non-hydrogen) atoms. The van der Waals surface area contributed by atoms with Gasteiger partial charge in [-0.2, -0.15) is 5.26 Å². The Hall–Kier alpha value is -0.630. The molecule has 0 amide bonds. The molecule has 0 aliphatic heterocycles. The van der Waals surface area contributed by atoms with Crippen molar-refractivity contribution in [1.82, 2.24) is 10.2 Å². The summed E-state index contributed by atoms with van der Waals surface area (Å²) < 4.78 is 5.38. The first-order valence-corrected chi connectivity index (χ1v) is 7.11. The van der Waals surface area contributed by atoms with Gasteiger partial charge in [0, 0.05) is 19.2 Å². The SMILES string of the molecule is CCCNC1(C#N)CCC(N(C)CCOCC)C1. The zero-order valence-corrected chi connectivity index (χ0v) is 12.0. The van der Waals surface area contributed by atoms with Crippen molar-refractivity contribution in [3.63, 3.8) is 0 Å². The fourth-order valence-electron chi connectivity index (χ4n) is 2.60. The molecule has 2 atom stereocenters. The summed E-state index contributed by atoms with van der Waals surface area (Å²) in [5, 5.41) is 12.8. The molecule has 1 rings (SSSR count). The van der Waals surface area contributed by atoms with Gasteiger partial charge >= 0.3 is 0 Å². The summed E-state index contributed by atoms with van der Waals surface area (Å²) in [5.74, 6) is 0. The third-order valence-electron chi connectivity index (χ3n) is 3.83. The lowest BCUT2D eigenvalue weighted by molar-refractivity contribution is 0.107. The van der Waals surface area contributed by atoms with Crippen LogP contribution in [0.25, 0.3) is 0 Å². The Labute approximate surface area is 111 Å². The van der Waals surface area contributed by atoms with Gasteiger partial charge < -0.3 is 9.64 Å². The second-order valence-corrected chi connectivity index (χ2v) is 5.19. The molecule has 0 aromatic heterocycles. The first-order valence-electron chi connectivity index (χ1n) is 7.11. The van der Waals surface area contributed by atoms with E-state index in [4.69, 9.17) is 4.74 Å². The van der Waals surface area contributed by atoms with Gasteiger partial charge in [-0.05, 0) is 46.2 Å². The van der Waals surface area contributed by atoms with Crippen LogP contribution in [-0.2, 0) is 4.74 Å². The van der Waals surface area contributed by atoms with Crippen LogP contribution in [-0.4, -0.2) is 49.8 Å². The molecule has 0 spiro atoms. The van der Waals surface area contributed by atoms with Gasteiger partial charge in [0.2, 0.25) is 0 Å². The second-order valence-electron chi connectivity index (χ2n) is 5.19. The van der Waals surface area contributed by atoms with Crippen LogP contribution in [0.3, 0.4) is 0 Å². The smallest absolute Gasteiger partial charge is 0.108 e. The molecule has 0 radical (unpaired) electrons. The van der Waals surface area contributed by atoms with E-state index >= 15 is 0 Å². The van der Waals surface area contributed by atoms with Crippen LogP contribution in [0.15, 0.2) is 0 Å². The lowest BCUT2D eigenvalue weighted by Crippen LogP contribution is -2.44. The minimum Gasteiger partial charge on any atom is -0.380 e. The monoisotopic (exact) mass is 253 g/mol. The highest BCUT2D eigenvalue weighted by Gasteiger charge is 2.40. The number of likely N-dealkylation sites (N-methyl/N-ethyl adjacent to an activating group) is 1. The third-order valence-corrected chi connectivity index (χ3v) is 3.83. The van der Waals surface area contributed by atoms with Crippen LogP contribution in [0.5, 0.6) is 0 Å². The van der Waals surface area contributed by atoms with E-state index in [1.165, 1.54) is 0 Å². The summed E-state index contributed by atoms with van der Waals surface area (Å²) in [6, 6.07) is 3.00. The van der Waals surface area contributed by atoms with Crippen LogP contribution >= 0.6 is 0 Å². The van der Waals surface area contributed by atoms with Gasteiger partial charge in [-0.25, -0.2) is 0 Å². The standard InChI is InChI=1S/C14H27N3O/c1-4-8-16-14(12-15)7-6-13(11-14)17(3)9-10-18-5-2/h13,16H,4-11H2,1-3H3. The van der Waals surface area contributed by atoms with Crippen molar-refractivity contribution in [3.05, 3.63) is 0 Å². The lowest BCUT2D eigenvalue weighted by Gasteiger charge is -2.27. The Morgan fingerprint density at radius 3 is 2.89 bits per heavy atom. The summed E-state index contributed by atoms with van der Waals surface area (Å²) >= 11 is 0. The van der Waals surface area contributed by atoms with Gasteiger partial charge in [0.25, 0.3) is 0 Å². The molecule has 0 heterocycles. The van der Waals surface area contributed by atoms with Crippen LogP contribution in [0.4, 0.5) is 0 Å². The molecule has 1 fully saturated rings. The number of ether oxygens (including phenoxy) is 1. The maximum absolute atomic E-state index is 9.40. The molecular formula is C14H27N3O. The van der Waals surface area contributed by atoms with Crippen LogP contribution in [0.1, 0.15) is 39.5 Å². The number of nitrogens with zero attached hydrogens (tertiary/aromatic N) is 2. The van der Waals surface area contributed by atoms with Crippen molar-refractivity contribution in [2.75, 3.05) is 33.4 Å². The topological polar surface area (TPSA) is 48.3 Å². The molecule has 4 heteroatoms. The largest absolute Gasteiger partial charge is 0.380 e. The number of nitrogens with one attached hydrogen (secondary N) is 1. The first kappa shape index (κ1) is 15.4. The predicted molar refractivity (Wildman–Crippen MR) is 73.4 cm³/mol. The summed E-state index contributed by atoms with van der Waals surface area (Å²) in [5.41, 5.74) is -0.291. The van der Waals surface area contributed by atoms with Crippen molar-refractivity contribution in [3.8, 4) is 6.07 Å². The Balaban J connectivity index is 2.40. The number of nitriles is 1. The zero-order valence-electron chi connectivity index (χ0n) is 12.0. The van der Waals surface area contributed by atoms with E-state index < -0.39 is 0 Å². The molecule has 1 aliphatic carbocycles. The average molecular weight is 253 g/mol. The van der Waals surface area contributed by atoms with E-state index in [9.17, 15) is 5.26 Å². The number of rotatable bonds is 8. The molecule has 1 saturated carbocycles. The molecular weight excluding hydrogens is 226 g/mol. The van der Waals surface area contributed by atoms with E-state index in [1.54, 1.807) is 0 Å². The van der Waals surface area contributed by atoms with Crippen LogP contribution in [0.2, 0.25) is 0 Å². The van der Waals surface area contributed by atoms with Crippen molar-refractivity contribution in [2.24, 2.45) is 0 Å². The van der Waals surface area contributed by atoms with E-state index in [0.29, 0.717) is 6.04 Å². The minimum atomic E-state index is -0.291. The molecule has 104 valence electrons. The zero-order chi connectivity index (χ0) is 13.4. The highest BCUT2D eigenvalue weighted by Crippen LogP contribution is 2.32. The van der Waals surface area contributed by atoms with E-state index in [1.807, 2.05) is 6.92 Å². The quantitative estimate of drug-likeness (QED) is 0.670. The van der Waals surface area contributed by atoms with Crippen molar-refractivity contribution in [2.45, 2.75) is 51.1 Å². The molecule has 0 bridgehead atoms. The van der Waals surface area contributed by atoms with Crippen LogP contribution in [0, 0.1) is 11.3 Å². The average Bonchev–Trinajstić information content (AvgIpc) is 2.82. The third kappa shape index (κ3) is 4.24. The Morgan fingerprint density at radius 2 is 2.28 bits per heavy atom. The summed E-state index contributed by atoms with van der Waals surface area (Å²) in [6.45, 7) is 7.60. The van der Waals surface area contributed by atoms with Crippen LogP contribution < -0.4 is 5.32 Å². The molecule has 0 aromatic rings. The highest BCUT2D eigenvalue weighted by molar-refractivity contribution is 5.13. The minimum absolute atomic E-state index is 0.291. The molecule has 1 N–H and O–H groups in total. The van der Waals surface area contributed by atoms with E-state index in [-0.39, 0.29) is 5.54 Å². The van der Waals surface area contributed by atoms with E-state index in [0.717, 1.165) is 52.0 Å². The van der Waals surface area contributed by atoms with Gasteiger partial charge in [0.05, 0.1) is 12.7 Å².